The first-order valence-electron chi connectivity index (χ1n) is 2.63. The number of nitrogens with zero attached hydrogens (tertiary/aromatic N) is 1. The molecular formula is C5H5NO3S. The summed E-state index contributed by atoms with van der Waals surface area (Å²) in [6.45, 7) is 1.31. The number of hydrogen-bond donors (Lipinski definition) is 0. The van der Waals surface area contributed by atoms with Crippen LogP contribution in [0.4, 0.5) is 4.79 Å². The Morgan fingerprint density at radius 1 is 1.70 bits per heavy atom. The number of carbonyl (C=O) groups excluding carboxylic acids is 2. The van der Waals surface area contributed by atoms with E-state index < -0.39 is 12.0 Å². The minimum atomic E-state index is -0.669. The Morgan fingerprint density at radius 2 is 2.30 bits per heavy atom. The normalized spacial score (nSPS) is 17.5. The molecule has 1 saturated heterocycles. The summed E-state index contributed by atoms with van der Waals surface area (Å²) in [4.78, 5) is 22.4. The van der Waals surface area contributed by atoms with Gasteiger partial charge in [-0.2, -0.15) is 0 Å². The first kappa shape index (κ1) is 7.14. The van der Waals surface area contributed by atoms with Crippen LogP contribution in [-0.2, 0) is 9.53 Å². The average Bonchev–Trinajstić information content (AvgIpc) is 2.11. The Balaban J connectivity index is 2.82. The molecule has 0 saturated carbocycles. The number of ether oxygens (including phenoxy) is 1. The van der Waals surface area contributed by atoms with Crippen molar-refractivity contribution < 1.29 is 14.3 Å². The van der Waals surface area contributed by atoms with Crippen molar-refractivity contribution in [1.82, 2.24) is 4.90 Å². The Hall–Kier alpha value is -0.970. The first-order chi connectivity index (χ1) is 4.63. The molecule has 4 nitrogen and oxygen atoms in total. The zero-order valence-corrected chi connectivity index (χ0v) is 6.10. The molecule has 54 valence electrons. The molecule has 10 heavy (non-hydrogen) atoms. The SMILES string of the molecule is CC(=S)N1C(=O)COC1=O. The summed E-state index contributed by atoms with van der Waals surface area (Å²) in [5.74, 6) is -0.391. The van der Waals surface area contributed by atoms with E-state index in [0.29, 0.717) is 0 Å². The molecule has 0 aromatic carbocycles. The highest BCUT2D eigenvalue weighted by atomic mass is 32.1. The van der Waals surface area contributed by atoms with Gasteiger partial charge in [0.1, 0.15) is 0 Å². The zero-order chi connectivity index (χ0) is 7.72. The van der Waals surface area contributed by atoms with Crippen LogP contribution in [0.15, 0.2) is 0 Å². The lowest BCUT2D eigenvalue weighted by Gasteiger charge is -2.05. The van der Waals surface area contributed by atoms with Crippen LogP contribution < -0.4 is 0 Å². The minimum Gasteiger partial charge on any atom is -0.439 e. The van der Waals surface area contributed by atoms with Gasteiger partial charge in [-0.1, -0.05) is 12.2 Å². The van der Waals surface area contributed by atoms with Crippen molar-refractivity contribution in [3.63, 3.8) is 0 Å². The summed E-state index contributed by atoms with van der Waals surface area (Å²) >= 11 is 4.61. The van der Waals surface area contributed by atoms with Crippen LogP contribution in [0, 0.1) is 0 Å². The van der Waals surface area contributed by atoms with Crippen LogP contribution in [-0.4, -0.2) is 28.5 Å². The van der Waals surface area contributed by atoms with Crippen molar-refractivity contribution in [1.29, 1.82) is 0 Å². The molecule has 2 amide bonds. The average molecular weight is 159 g/mol. The number of hydrogen-bond acceptors (Lipinski definition) is 4. The maximum atomic E-state index is 10.7. The molecule has 1 aliphatic rings. The summed E-state index contributed by atoms with van der Waals surface area (Å²) in [6, 6.07) is 0. The highest BCUT2D eigenvalue weighted by Gasteiger charge is 2.32. The third-order valence-corrected chi connectivity index (χ3v) is 1.25. The molecule has 0 aliphatic carbocycles. The molecule has 1 fully saturated rings. The van der Waals surface area contributed by atoms with Crippen molar-refractivity contribution in [2.45, 2.75) is 6.92 Å². The topological polar surface area (TPSA) is 46.6 Å². The van der Waals surface area contributed by atoms with E-state index in [4.69, 9.17) is 0 Å². The Bertz CT molecular complexity index is 197. The molecule has 5 heteroatoms. The highest BCUT2D eigenvalue weighted by molar-refractivity contribution is 7.80. The number of amides is 2. The predicted octanol–water partition coefficient (Wildman–Crippen LogP) is 0.313. The summed E-state index contributed by atoms with van der Waals surface area (Å²) in [5.41, 5.74) is 0. The van der Waals surface area contributed by atoms with Crippen molar-refractivity contribution in [2.24, 2.45) is 0 Å². The Labute approximate surface area is 62.7 Å². The van der Waals surface area contributed by atoms with Gasteiger partial charge in [-0.25, -0.2) is 9.69 Å². The van der Waals surface area contributed by atoms with Crippen molar-refractivity contribution in [2.75, 3.05) is 6.61 Å². The van der Waals surface area contributed by atoms with Gasteiger partial charge in [-0.05, 0) is 6.92 Å². The number of imide groups is 1. The van der Waals surface area contributed by atoms with Gasteiger partial charge in [0.05, 0.1) is 4.99 Å². The number of thiocarbonyl (C=S) groups is 1. The molecule has 0 aromatic rings. The Morgan fingerprint density at radius 3 is 2.50 bits per heavy atom. The maximum absolute atomic E-state index is 10.7. The summed E-state index contributed by atoms with van der Waals surface area (Å²) in [7, 11) is 0. The van der Waals surface area contributed by atoms with E-state index in [9.17, 15) is 9.59 Å². The fraction of sp³-hybridized carbons (Fsp3) is 0.400. The lowest BCUT2D eigenvalue weighted by Crippen LogP contribution is -2.32. The van der Waals surface area contributed by atoms with Gasteiger partial charge in [-0.3, -0.25) is 4.79 Å². The Kier molecular flexibility index (Phi) is 1.67. The standard InChI is InChI=1S/C5H5NO3S/c1-3(10)6-4(7)2-9-5(6)8/h2H2,1H3. The quantitative estimate of drug-likeness (QED) is 0.477. The van der Waals surface area contributed by atoms with Gasteiger partial charge in [0.25, 0.3) is 5.91 Å². The molecule has 0 radical (unpaired) electrons. The first-order valence-corrected chi connectivity index (χ1v) is 3.04. The van der Waals surface area contributed by atoms with E-state index >= 15 is 0 Å². The fourth-order valence-corrected chi connectivity index (χ4v) is 0.835. The second-order valence-corrected chi connectivity index (χ2v) is 2.39. The van der Waals surface area contributed by atoms with E-state index in [0.717, 1.165) is 4.90 Å². The third kappa shape index (κ3) is 0.995. The van der Waals surface area contributed by atoms with Gasteiger partial charge in [0, 0.05) is 0 Å². The van der Waals surface area contributed by atoms with Crippen molar-refractivity contribution in [3.8, 4) is 0 Å². The molecule has 0 spiro atoms. The van der Waals surface area contributed by atoms with Gasteiger partial charge >= 0.3 is 6.09 Å². The molecule has 0 unspecified atom stereocenters. The van der Waals surface area contributed by atoms with Crippen molar-refractivity contribution >= 4 is 29.2 Å². The van der Waals surface area contributed by atoms with Crippen LogP contribution >= 0.6 is 12.2 Å². The number of cyclic esters (lactones) is 1. The second-order valence-electron chi connectivity index (χ2n) is 1.80. The zero-order valence-electron chi connectivity index (χ0n) is 5.29. The van der Waals surface area contributed by atoms with E-state index in [2.05, 4.69) is 17.0 Å². The van der Waals surface area contributed by atoms with Crippen LogP contribution in [0.3, 0.4) is 0 Å². The molecular weight excluding hydrogens is 154 g/mol. The fourth-order valence-electron chi connectivity index (χ4n) is 0.659. The van der Waals surface area contributed by atoms with E-state index in [1.807, 2.05) is 0 Å². The van der Waals surface area contributed by atoms with Crippen LogP contribution in [0.5, 0.6) is 0 Å². The lowest BCUT2D eigenvalue weighted by molar-refractivity contribution is -0.123. The lowest BCUT2D eigenvalue weighted by atomic mass is 10.5. The maximum Gasteiger partial charge on any atom is 0.422 e. The largest absolute Gasteiger partial charge is 0.439 e. The van der Waals surface area contributed by atoms with Crippen molar-refractivity contribution in [3.05, 3.63) is 0 Å². The van der Waals surface area contributed by atoms with E-state index in [-0.39, 0.29) is 11.6 Å². The van der Waals surface area contributed by atoms with Gasteiger partial charge < -0.3 is 4.74 Å². The minimum absolute atomic E-state index is 0.188. The monoisotopic (exact) mass is 159 g/mol. The number of carbonyl (C=O) groups is 2. The molecule has 1 heterocycles. The van der Waals surface area contributed by atoms with Crippen LogP contribution in [0.1, 0.15) is 6.92 Å². The third-order valence-electron chi connectivity index (χ3n) is 1.07. The second kappa shape index (κ2) is 2.34. The summed E-state index contributed by atoms with van der Waals surface area (Å²) < 4.78 is 4.39. The molecule has 0 atom stereocenters. The highest BCUT2D eigenvalue weighted by Crippen LogP contribution is 2.05. The predicted molar refractivity (Wildman–Crippen MR) is 36.5 cm³/mol. The van der Waals surface area contributed by atoms with Crippen LogP contribution in [0.25, 0.3) is 0 Å². The molecule has 1 rings (SSSR count). The van der Waals surface area contributed by atoms with Crippen LogP contribution in [0.2, 0.25) is 0 Å². The molecule has 0 bridgehead atoms. The van der Waals surface area contributed by atoms with Gasteiger partial charge in [0.2, 0.25) is 0 Å². The van der Waals surface area contributed by atoms with E-state index in [1.165, 1.54) is 6.92 Å². The van der Waals surface area contributed by atoms with E-state index in [1.54, 1.807) is 0 Å². The smallest absolute Gasteiger partial charge is 0.422 e. The number of rotatable bonds is 0. The summed E-state index contributed by atoms with van der Waals surface area (Å²) in [6.07, 6.45) is -0.669. The summed E-state index contributed by atoms with van der Waals surface area (Å²) in [5, 5.41) is 0. The van der Waals surface area contributed by atoms with Gasteiger partial charge in [-0.15, -0.1) is 0 Å². The molecule has 0 aromatic heterocycles. The molecule has 1 aliphatic heterocycles. The molecule has 0 N–H and O–H groups in total. The van der Waals surface area contributed by atoms with Gasteiger partial charge in [0.15, 0.2) is 6.61 Å².